The Morgan fingerprint density at radius 1 is 0.474 bits per heavy atom. The molecule has 0 amide bonds. The second kappa shape index (κ2) is 16.7. The van der Waals surface area contributed by atoms with Crippen LogP contribution in [0.4, 0.5) is 28.4 Å². The molecule has 0 bridgehead atoms. The average Bonchev–Trinajstić information content (AvgIpc) is 3.81. The fraction of sp³-hybridized carbons (Fsp3) is 0.139. The lowest BCUT2D eigenvalue weighted by atomic mass is 9.25. The van der Waals surface area contributed by atoms with Crippen molar-refractivity contribution in [2.45, 2.75) is 57.0 Å². The Hall–Kier alpha value is -8.60. The summed E-state index contributed by atoms with van der Waals surface area (Å²) in [6.07, 6.45) is 1.62. The summed E-state index contributed by atoms with van der Waals surface area (Å²) in [7, 11) is 0. The number of para-hydroxylation sites is 2. The number of anilines is 5. The third-order valence-corrected chi connectivity index (χ3v) is 18.7. The van der Waals surface area contributed by atoms with Crippen LogP contribution in [0.1, 0.15) is 60.6 Å². The Kier molecular flexibility index (Phi) is 9.86. The van der Waals surface area contributed by atoms with E-state index < -0.39 is 11.0 Å². The van der Waals surface area contributed by atoms with Crippen LogP contribution in [-0.2, 0) is 22.9 Å². The quantitative estimate of drug-likeness (QED) is 0.154. The van der Waals surface area contributed by atoms with Gasteiger partial charge >= 0.3 is 0 Å². The van der Waals surface area contributed by atoms with Gasteiger partial charge in [-0.25, -0.2) is 0 Å². The summed E-state index contributed by atoms with van der Waals surface area (Å²) in [5.41, 5.74) is 24.9. The molecular weight excluding hydrogens is 920 g/mol. The molecule has 0 fully saturated rings. The zero-order valence-corrected chi connectivity index (χ0v) is 43.5. The van der Waals surface area contributed by atoms with Gasteiger partial charge in [0.05, 0.1) is 11.4 Å². The molecule has 0 aromatic heterocycles. The second-order valence-electron chi connectivity index (χ2n) is 22.3. The van der Waals surface area contributed by atoms with Gasteiger partial charge < -0.3 is 14.5 Å². The minimum atomic E-state index is -0.652. The van der Waals surface area contributed by atoms with Gasteiger partial charge in [0.15, 0.2) is 5.60 Å². The first kappa shape index (κ1) is 44.9. The molecule has 0 saturated heterocycles. The second-order valence-corrected chi connectivity index (χ2v) is 22.3. The van der Waals surface area contributed by atoms with Crippen molar-refractivity contribution in [3.8, 4) is 39.1 Å². The van der Waals surface area contributed by atoms with Crippen LogP contribution in [0.5, 0.6) is 5.75 Å². The molecule has 364 valence electrons. The molecule has 0 N–H and O–H groups in total. The highest BCUT2D eigenvalue weighted by Gasteiger charge is 2.62. The van der Waals surface area contributed by atoms with E-state index in [4.69, 9.17) is 4.74 Å². The summed E-state index contributed by atoms with van der Waals surface area (Å²) in [4.78, 5) is 5.34. The number of rotatable bonds is 6. The number of hydrogen-bond acceptors (Lipinski definition) is 3. The van der Waals surface area contributed by atoms with E-state index in [1.807, 2.05) is 0 Å². The largest absolute Gasteiger partial charge is 0.477 e. The van der Waals surface area contributed by atoms with Crippen LogP contribution in [0.3, 0.4) is 0 Å². The highest BCUT2D eigenvalue weighted by molar-refractivity contribution is 6.95. The van der Waals surface area contributed by atoms with E-state index in [-0.39, 0.29) is 18.0 Å². The zero-order chi connectivity index (χ0) is 50.9. The van der Waals surface area contributed by atoms with Crippen molar-refractivity contribution in [2.75, 3.05) is 9.80 Å². The zero-order valence-electron chi connectivity index (χ0n) is 43.5. The molecule has 3 unspecified atom stereocenters. The maximum absolute atomic E-state index is 7.70. The third kappa shape index (κ3) is 6.13. The molecule has 10 aromatic rings. The van der Waals surface area contributed by atoms with Gasteiger partial charge in [-0.15, -0.1) is 0 Å². The van der Waals surface area contributed by atoms with Gasteiger partial charge in [0.25, 0.3) is 0 Å². The molecule has 10 aromatic carbocycles. The molecule has 3 nitrogen and oxygen atoms in total. The first-order chi connectivity index (χ1) is 37.3. The molecule has 2 aliphatic carbocycles. The summed E-state index contributed by atoms with van der Waals surface area (Å²) >= 11 is 0. The number of hydrogen-bond donors (Lipinski definition) is 0. The standard InChI is InChI=1S/C72H57BN2O/c1-47-41-64-68-65(42-47)75(62-40-24-20-34-55(62)50-27-11-6-12-28-50)66-43-48(2)70(3,52-29-13-7-14-30-52)71(4,53-31-15-8-16-32-53)69(66)73(68)60-44-51-46-72(58-37-21-17-35-56(58)57-36-18-22-38-59(57)72)76-67(51)45-63(60)74(64)61-39-23-19-33-54(61)49-25-9-5-10-26-49/h5-42,44-45,48H,43,46H2,1-4H3. The Morgan fingerprint density at radius 3 is 1.53 bits per heavy atom. The van der Waals surface area contributed by atoms with Crippen molar-refractivity contribution in [1.29, 1.82) is 0 Å². The van der Waals surface area contributed by atoms with Crippen molar-refractivity contribution < 1.29 is 4.74 Å². The molecule has 1 spiro atoms. The van der Waals surface area contributed by atoms with Crippen LogP contribution in [0.15, 0.2) is 254 Å². The number of fused-ring (bicyclic) bond motifs is 9. The van der Waals surface area contributed by atoms with Crippen LogP contribution >= 0.6 is 0 Å². The summed E-state index contributed by atoms with van der Waals surface area (Å²) in [5.74, 6) is 1.19. The monoisotopic (exact) mass is 976 g/mol. The molecular formula is C72H57BN2O. The predicted octanol–water partition coefficient (Wildman–Crippen LogP) is 16.5. The maximum atomic E-state index is 7.70. The normalized spacial score (nSPS) is 20.1. The van der Waals surface area contributed by atoms with Crippen LogP contribution < -0.4 is 25.5 Å². The van der Waals surface area contributed by atoms with Gasteiger partial charge in [-0.2, -0.15) is 0 Å². The molecule has 3 heterocycles. The number of allylic oxidation sites excluding steroid dienone is 2. The minimum absolute atomic E-state index is 0.124. The third-order valence-electron chi connectivity index (χ3n) is 18.7. The van der Waals surface area contributed by atoms with E-state index in [0.717, 1.165) is 30.0 Å². The topological polar surface area (TPSA) is 15.7 Å². The minimum Gasteiger partial charge on any atom is -0.477 e. The smallest absolute Gasteiger partial charge is 0.248 e. The van der Waals surface area contributed by atoms with Crippen molar-refractivity contribution in [3.63, 3.8) is 0 Å². The molecule has 3 aliphatic heterocycles. The molecule has 5 aliphatic rings. The Bertz CT molecular complexity index is 3950. The van der Waals surface area contributed by atoms with E-state index in [2.05, 4.69) is 280 Å². The molecule has 15 rings (SSSR count). The van der Waals surface area contributed by atoms with E-state index in [1.165, 1.54) is 106 Å². The summed E-state index contributed by atoms with van der Waals surface area (Å²) < 4.78 is 7.70. The summed E-state index contributed by atoms with van der Waals surface area (Å²) in [6.45, 7) is 9.88. The summed E-state index contributed by atoms with van der Waals surface area (Å²) in [5, 5.41) is 0. The van der Waals surface area contributed by atoms with E-state index >= 15 is 0 Å². The van der Waals surface area contributed by atoms with E-state index in [9.17, 15) is 0 Å². The fourth-order valence-corrected chi connectivity index (χ4v) is 15.0. The molecule has 0 saturated carbocycles. The lowest BCUT2D eigenvalue weighted by Crippen LogP contribution is -2.65. The Labute approximate surface area is 447 Å². The number of aryl methyl sites for hydroxylation is 1. The Balaban J connectivity index is 1.08. The molecule has 3 atom stereocenters. The SMILES string of the molecule is Cc1cc2c3c(c1)N(c1ccccc1-c1ccccc1)c1cc4c(cc1B3C1=C(CC(C)C(C)(c3ccccc3)C1(C)c1ccccc1)N2c1ccccc1-c1ccccc1)CC1(O4)c2ccccc2-c2ccccc21. The highest BCUT2D eigenvalue weighted by atomic mass is 16.5. The van der Waals surface area contributed by atoms with Crippen LogP contribution in [-0.4, -0.2) is 6.71 Å². The lowest BCUT2D eigenvalue weighted by molar-refractivity contribution is 0.145. The average molecular weight is 977 g/mol. The van der Waals surface area contributed by atoms with Gasteiger partial charge in [0, 0.05) is 68.3 Å². The first-order valence-corrected chi connectivity index (χ1v) is 27.2. The van der Waals surface area contributed by atoms with Crippen LogP contribution in [0.2, 0.25) is 0 Å². The highest BCUT2D eigenvalue weighted by Crippen LogP contribution is 2.64. The van der Waals surface area contributed by atoms with Crippen molar-refractivity contribution in [3.05, 3.63) is 287 Å². The van der Waals surface area contributed by atoms with Crippen molar-refractivity contribution >= 4 is 46.1 Å². The van der Waals surface area contributed by atoms with Gasteiger partial charge in [0.1, 0.15) is 5.75 Å². The Morgan fingerprint density at radius 2 is 0.947 bits per heavy atom. The molecule has 0 radical (unpaired) electrons. The van der Waals surface area contributed by atoms with Crippen LogP contribution in [0.25, 0.3) is 33.4 Å². The first-order valence-electron chi connectivity index (χ1n) is 27.2. The molecule has 4 heteroatoms. The maximum Gasteiger partial charge on any atom is 0.248 e. The lowest BCUT2D eigenvalue weighted by Gasteiger charge is -2.61. The van der Waals surface area contributed by atoms with E-state index in [0.29, 0.717) is 0 Å². The summed E-state index contributed by atoms with van der Waals surface area (Å²) in [6, 6.07) is 91.0. The van der Waals surface area contributed by atoms with Gasteiger partial charge in [-0.05, 0) is 99.0 Å². The fourth-order valence-electron chi connectivity index (χ4n) is 15.0. The van der Waals surface area contributed by atoms with Gasteiger partial charge in [-0.3, -0.25) is 0 Å². The molecule has 76 heavy (non-hydrogen) atoms. The number of nitrogens with zero attached hydrogens (tertiary/aromatic N) is 2. The number of ether oxygens (including phenoxy) is 1. The number of benzene rings is 10. The predicted molar refractivity (Wildman–Crippen MR) is 316 cm³/mol. The van der Waals surface area contributed by atoms with Crippen molar-refractivity contribution in [2.24, 2.45) is 5.92 Å². The van der Waals surface area contributed by atoms with E-state index in [1.54, 1.807) is 0 Å². The van der Waals surface area contributed by atoms with Crippen molar-refractivity contribution in [1.82, 2.24) is 0 Å². The van der Waals surface area contributed by atoms with Gasteiger partial charge in [-0.1, -0.05) is 239 Å². The van der Waals surface area contributed by atoms with Gasteiger partial charge in [0.2, 0.25) is 6.71 Å². The van der Waals surface area contributed by atoms with Crippen LogP contribution in [0, 0.1) is 12.8 Å².